The van der Waals surface area contributed by atoms with Gasteiger partial charge >= 0.3 is 0 Å². The minimum absolute atomic E-state index is 0.269. The number of pyridine rings is 1. The molecule has 4 nitrogen and oxygen atoms in total. The molecule has 1 N–H and O–H groups in total. The summed E-state index contributed by atoms with van der Waals surface area (Å²) < 4.78 is 7.54. The molecule has 0 saturated heterocycles. The lowest BCUT2D eigenvalue weighted by molar-refractivity contribution is 0.415. The molecule has 21 heavy (non-hydrogen) atoms. The summed E-state index contributed by atoms with van der Waals surface area (Å²) in [6, 6.07) is 10.6. The number of fused-ring (bicyclic) bond motifs is 2. The quantitative estimate of drug-likeness (QED) is 0.782. The number of benzene rings is 1. The Morgan fingerprint density at radius 3 is 3.05 bits per heavy atom. The van der Waals surface area contributed by atoms with Gasteiger partial charge in [-0.15, -0.1) is 0 Å². The van der Waals surface area contributed by atoms with E-state index in [4.69, 9.17) is 4.74 Å². The second kappa shape index (κ2) is 4.52. The lowest BCUT2D eigenvalue weighted by Gasteiger charge is -2.10. The Kier molecular flexibility index (Phi) is 2.64. The molecule has 3 heterocycles. The maximum absolute atomic E-state index is 5.37. The Hall–Kier alpha value is -2.49. The Morgan fingerprint density at radius 2 is 2.24 bits per heavy atom. The first-order chi connectivity index (χ1) is 10.3. The van der Waals surface area contributed by atoms with E-state index in [1.54, 1.807) is 7.11 Å². The Balaban J connectivity index is 1.81. The van der Waals surface area contributed by atoms with Crippen molar-refractivity contribution in [2.45, 2.75) is 12.5 Å². The molecule has 0 radical (unpaired) electrons. The van der Waals surface area contributed by atoms with E-state index in [9.17, 15) is 0 Å². The molecule has 0 fully saturated rings. The first-order valence-corrected chi connectivity index (χ1v) is 7.09. The van der Waals surface area contributed by atoms with E-state index in [0.29, 0.717) is 0 Å². The molecule has 0 spiro atoms. The van der Waals surface area contributed by atoms with Gasteiger partial charge in [0, 0.05) is 42.3 Å². The normalized spacial score (nSPS) is 16.8. The molecule has 1 aromatic carbocycles. The molecular weight excluding hydrogens is 262 g/mol. The number of rotatable bonds is 2. The molecule has 3 aromatic rings. The van der Waals surface area contributed by atoms with Crippen molar-refractivity contribution in [1.82, 2.24) is 9.55 Å². The van der Waals surface area contributed by atoms with Crippen molar-refractivity contribution in [2.24, 2.45) is 7.05 Å². The van der Waals surface area contributed by atoms with E-state index in [1.807, 2.05) is 18.3 Å². The van der Waals surface area contributed by atoms with E-state index in [2.05, 4.69) is 46.3 Å². The van der Waals surface area contributed by atoms with E-state index in [-0.39, 0.29) is 6.04 Å². The highest BCUT2D eigenvalue weighted by Crippen LogP contribution is 2.37. The number of anilines is 1. The lowest BCUT2D eigenvalue weighted by atomic mass is 10.0. The zero-order valence-corrected chi connectivity index (χ0v) is 12.1. The third-order valence-electron chi connectivity index (χ3n) is 4.23. The van der Waals surface area contributed by atoms with Crippen LogP contribution >= 0.6 is 0 Å². The highest BCUT2D eigenvalue weighted by atomic mass is 16.5. The molecular formula is C17H17N3O. The molecule has 2 aromatic heterocycles. The number of aromatic nitrogens is 2. The van der Waals surface area contributed by atoms with Crippen molar-refractivity contribution >= 4 is 16.7 Å². The minimum Gasteiger partial charge on any atom is -0.497 e. The van der Waals surface area contributed by atoms with Crippen LogP contribution < -0.4 is 10.1 Å². The highest BCUT2D eigenvalue weighted by molar-refractivity contribution is 5.86. The van der Waals surface area contributed by atoms with Gasteiger partial charge in [-0.3, -0.25) is 0 Å². The smallest absolute Gasteiger partial charge is 0.129 e. The van der Waals surface area contributed by atoms with Crippen molar-refractivity contribution in [3.05, 3.63) is 53.9 Å². The molecule has 0 amide bonds. The van der Waals surface area contributed by atoms with Gasteiger partial charge in [-0.25, -0.2) is 4.98 Å². The van der Waals surface area contributed by atoms with Crippen molar-refractivity contribution in [2.75, 3.05) is 12.4 Å². The molecule has 106 valence electrons. The summed E-state index contributed by atoms with van der Waals surface area (Å²) in [7, 11) is 3.79. The Bertz CT molecular complexity index is 797. The van der Waals surface area contributed by atoms with Crippen LogP contribution in [-0.4, -0.2) is 16.7 Å². The van der Waals surface area contributed by atoms with Gasteiger partial charge in [0.15, 0.2) is 0 Å². The van der Waals surface area contributed by atoms with Crippen molar-refractivity contribution < 1.29 is 4.74 Å². The Morgan fingerprint density at radius 1 is 1.33 bits per heavy atom. The van der Waals surface area contributed by atoms with Gasteiger partial charge in [0.1, 0.15) is 11.6 Å². The maximum atomic E-state index is 5.37. The number of nitrogens with one attached hydrogen (secondary N) is 1. The van der Waals surface area contributed by atoms with Crippen LogP contribution in [0.4, 0.5) is 5.82 Å². The first-order valence-electron chi connectivity index (χ1n) is 7.09. The lowest BCUT2D eigenvalue weighted by Crippen LogP contribution is -2.05. The summed E-state index contributed by atoms with van der Waals surface area (Å²) >= 11 is 0. The van der Waals surface area contributed by atoms with Crippen LogP contribution in [-0.2, 0) is 13.5 Å². The predicted octanol–water partition coefficient (Wildman–Crippen LogP) is 3.29. The summed E-state index contributed by atoms with van der Waals surface area (Å²) in [5, 5.41) is 4.77. The van der Waals surface area contributed by atoms with Gasteiger partial charge in [0.05, 0.1) is 13.2 Å². The summed E-state index contributed by atoms with van der Waals surface area (Å²) in [6.45, 7) is 0. The van der Waals surface area contributed by atoms with Gasteiger partial charge in [-0.05, 0) is 29.8 Å². The number of methoxy groups -OCH3 is 1. The van der Waals surface area contributed by atoms with Crippen molar-refractivity contribution in [3.8, 4) is 5.75 Å². The molecule has 1 atom stereocenters. The van der Waals surface area contributed by atoms with Gasteiger partial charge in [0.2, 0.25) is 0 Å². The molecule has 0 saturated carbocycles. The van der Waals surface area contributed by atoms with Crippen LogP contribution in [0.25, 0.3) is 10.9 Å². The zero-order chi connectivity index (χ0) is 14.4. The van der Waals surface area contributed by atoms with Gasteiger partial charge in [0.25, 0.3) is 0 Å². The van der Waals surface area contributed by atoms with E-state index in [1.165, 1.54) is 22.0 Å². The zero-order valence-electron chi connectivity index (χ0n) is 12.1. The molecule has 1 unspecified atom stereocenters. The molecule has 0 aliphatic carbocycles. The Labute approximate surface area is 123 Å². The molecule has 0 bridgehead atoms. The van der Waals surface area contributed by atoms with Crippen molar-refractivity contribution in [1.29, 1.82) is 0 Å². The second-order valence-electron chi connectivity index (χ2n) is 5.49. The predicted molar refractivity (Wildman–Crippen MR) is 83.8 cm³/mol. The average Bonchev–Trinajstić information content (AvgIpc) is 3.08. The van der Waals surface area contributed by atoms with E-state index in [0.717, 1.165) is 18.0 Å². The van der Waals surface area contributed by atoms with Crippen LogP contribution in [0.15, 0.2) is 42.7 Å². The SMILES string of the molecule is COc1ccc2c(c1)c(C1Cc3cccnc3N1)cn2C. The van der Waals surface area contributed by atoms with Crippen LogP contribution in [0, 0.1) is 0 Å². The number of nitrogens with zero attached hydrogens (tertiary/aromatic N) is 2. The standard InChI is InChI=1S/C17H17N3O/c1-20-10-14(13-9-12(21-2)5-6-16(13)20)15-8-11-4-3-7-18-17(11)19-15/h3-7,9-10,15H,8H2,1-2H3,(H,18,19). The number of hydrogen-bond donors (Lipinski definition) is 1. The summed E-state index contributed by atoms with van der Waals surface area (Å²) in [5.41, 5.74) is 3.79. The molecule has 1 aliphatic rings. The number of ether oxygens (including phenoxy) is 1. The maximum Gasteiger partial charge on any atom is 0.129 e. The van der Waals surface area contributed by atoms with Gasteiger partial charge in [-0.2, -0.15) is 0 Å². The van der Waals surface area contributed by atoms with Gasteiger partial charge < -0.3 is 14.6 Å². The minimum atomic E-state index is 0.269. The third kappa shape index (κ3) is 1.87. The van der Waals surface area contributed by atoms with Crippen molar-refractivity contribution in [3.63, 3.8) is 0 Å². The van der Waals surface area contributed by atoms with Crippen LogP contribution in [0.3, 0.4) is 0 Å². The topological polar surface area (TPSA) is 39.1 Å². The van der Waals surface area contributed by atoms with Crippen LogP contribution in [0.2, 0.25) is 0 Å². The summed E-state index contributed by atoms with van der Waals surface area (Å²) in [5.74, 6) is 1.89. The second-order valence-corrected chi connectivity index (χ2v) is 5.49. The molecule has 4 heteroatoms. The average molecular weight is 279 g/mol. The molecule has 1 aliphatic heterocycles. The largest absolute Gasteiger partial charge is 0.497 e. The number of aryl methyl sites for hydroxylation is 1. The fourth-order valence-corrected chi connectivity index (χ4v) is 3.16. The molecule has 4 rings (SSSR count). The first kappa shape index (κ1) is 12.3. The third-order valence-corrected chi connectivity index (χ3v) is 4.23. The summed E-state index contributed by atoms with van der Waals surface area (Å²) in [4.78, 5) is 4.41. The number of hydrogen-bond acceptors (Lipinski definition) is 3. The van der Waals surface area contributed by atoms with E-state index >= 15 is 0 Å². The monoisotopic (exact) mass is 279 g/mol. The highest BCUT2D eigenvalue weighted by Gasteiger charge is 2.25. The van der Waals surface area contributed by atoms with Crippen LogP contribution in [0.5, 0.6) is 5.75 Å². The summed E-state index contributed by atoms with van der Waals surface area (Å²) in [6.07, 6.45) is 5.01. The van der Waals surface area contributed by atoms with Gasteiger partial charge in [-0.1, -0.05) is 6.07 Å². The van der Waals surface area contributed by atoms with Crippen LogP contribution in [0.1, 0.15) is 17.2 Å². The fourth-order valence-electron chi connectivity index (χ4n) is 3.16. The van der Waals surface area contributed by atoms with E-state index < -0.39 is 0 Å². The fraction of sp³-hybridized carbons (Fsp3) is 0.235.